The largest absolute Gasteiger partial charge is 0.492 e. The number of rotatable bonds is 3. The van der Waals surface area contributed by atoms with Gasteiger partial charge >= 0.3 is 0 Å². The highest BCUT2D eigenvalue weighted by atomic mass is 35.5. The fraction of sp³-hybridized carbons (Fsp3) is 0.455. The topological polar surface area (TPSA) is 44.5 Å². The second-order valence-electron chi connectivity index (χ2n) is 3.84. The lowest BCUT2D eigenvalue weighted by atomic mass is 10.1. The van der Waals surface area contributed by atoms with Gasteiger partial charge in [0.25, 0.3) is 0 Å². The zero-order valence-electron chi connectivity index (χ0n) is 8.71. The molecule has 0 bridgehead atoms. The third-order valence-corrected chi connectivity index (χ3v) is 2.85. The van der Waals surface area contributed by atoms with Gasteiger partial charge in [-0.3, -0.25) is 0 Å². The molecular formula is C11H13ClFNO2. The Hall–Kier alpha value is -1.00. The minimum atomic E-state index is -0.512. The second kappa shape index (κ2) is 4.89. The number of nitrogen functional groups attached to an aromatic ring is 1. The molecule has 2 N–H and O–H groups in total. The maximum atomic E-state index is 13.2. The number of hydrogen-bond acceptors (Lipinski definition) is 3. The molecule has 1 aliphatic rings. The summed E-state index contributed by atoms with van der Waals surface area (Å²) in [6.07, 6.45) is 0.967. The van der Waals surface area contributed by atoms with Crippen molar-refractivity contribution in [3.05, 3.63) is 23.0 Å². The van der Waals surface area contributed by atoms with Gasteiger partial charge in [0.15, 0.2) is 0 Å². The molecule has 16 heavy (non-hydrogen) atoms. The normalized spacial score (nSPS) is 20.0. The van der Waals surface area contributed by atoms with Crippen LogP contribution in [0.1, 0.15) is 6.42 Å². The SMILES string of the molecule is Nc1cc(Cl)c(OCC2CCOC2)cc1F. The van der Waals surface area contributed by atoms with Crippen LogP contribution in [0, 0.1) is 11.7 Å². The smallest absolute Gasteiger partial charge is 0.149 e. The molecule has 0 amide bonds. The lowest BCUT2D eigenvalue weighted by Crippen LogP contribution is -2.12. The van der Waals surface area contributed by atoms with Crippen molar-refractivity contribution >= 4 is 17.3 Å². The van der Waals surface area contributed by atoms with Crippen molar-refractivity contribution in [2.24, 2.45) is 5.92 Å². The van der Waals surface area contributed by atoms with E-state index in [0.29, 0.717) is 29.9 Å². The van der Waals surface area contributed by atoms with E-state index < -0.39 is 5.82 Å². The van der Waals surface area contributed by atoms with E-state index in [1.807, 2.05) is 0 Å². The van der Waals surface area contributed by atoms with Gasteiger partial charge in [-0.2, -0.15) is 0 Å². The van der Waals surface area contributed by atoms with Crippen LogP contribution in [0.5, 0.6) is 5.75 Å². The molecule has 88 valence electrons. The highest BCUT2D eigenvalue weighted by molar-refractivity contribution is 6.32. The summed E-state index contributed by atoms with van der Waals surface area (Å²) in [5.41, 5.74) is 5.40. The number of halogens is 2. The molecule has 1 aromatic rings. The summed E-state index contributed by atoms with van der Waals surface area (Å²) in [5.74, 6) is 0.180. The molecular weight excluding hydrogens is 233 g/mol. The Balaban J connectivity index is 2.00. The van der Waals surface area contributed by atoms with Gasteiger partial charge in [-0.15, -0.1) is 0 Å². The van der Waals surface area contributed by atoms with E-state index in [-0.39, 0.29) is 5.69 Å². The average Bonchev–Trinajstić information content (AvgIpc) is 2.74. The van der Waals surface area contributed by atoms with Gasteiger partial charge in [-0.1, -0.05) is 11.6 Å². The summed E-state index contributed by atoms with van der Waals surface area (Å²) < 4.78 is 23.8. The van der Waals surface area contributed by atoms with Crippen LogP contribution in [-0.4, -0.2) is 19.8 Å². The Morgan fingerprint density at radius 3 is 3.06 bits per heavy atom. The van der Waals surface area contributed by atoms with Crippen molar-refractivity contribution in [2.75, 3.05) is 25.6 Å². The van der Waals surface area contributed by atoms with Crippen LogP contribution in [0.15, 0.2) is 12.1 Å². The standard InChI is InChI=1S/C11H13ClFNO2/c12-8-3-10(14)9(13)4-11(8)16-6-7-1-2-15-5-7/h3-4,7H,1-2,5-6,14H2. The quantitative estimate of drug-likeness (QED) is 0.832. The molecule has 1 unspecified atom stereocenters. The number of nitrogens with two attached hydrogens (primary N) is 1. The van der Waals surface area contributed by atoms with E-state index in [0.717, 1.165) is 13.0 Å². The predicted octanol–water partition coefficient (Wildman–Crippen LogP) is 2.48. The van der Waals surface area contributed by atoms with E-state index in [9.17, 15) is 4.39 Å². The highest BCUT2D eigenvalue weighted by Crippen LogP contribution is 2.29. The van der Waals surface area contributed by atoms with Crippen molar-refractivity contribution in [3.63, 3.8) is 0 Å². The Bertz CT molecular complexity index is 380. The van der Waals surface area contributed by atoms with Gasteiger partial charge in [-0.05, 0) is 12.5 Å². The van der Waals surface area contributed by atoms with Gasteiger partial charge in [-0.25, -0.2) is 4.39 Å². The first-order valence-corrected chi connectivity index (χ1v) is 5.49. The van der Waals surface area contributed by atoms with Crippen molar-refractivity contribution in [1.29, 1.82) is 0 Å². The van der Waals surface area contributed by atoms with Crippen molar-refractivity contribution < 1.29 is 13.9 Å². The number of anilines is 1. The lowest BCUT2D eigenvalue weighted by molar-refractivity contribution is 0.167. The van der Waals surface area contributed by atoms with E-state index >= 15 is 0 Å². The fourth-order valence-corrected chi connectivity index (χ4v) is 1.80. The van der Waals surface area contributed by atoms with Crippen LogP contribution in [0.2, 0.25) is 5.02 Å². The molecule has 0 radical (unpaired) electrons. The first kappa shape index (κ1) is 11.5. The minimum absolute atomic E-state index is 0.0292. The summed E-state index contributed by atoms with van der Waals surface area (Å²) in [7, 11) is 0. The summed E-state index contributed by atoms with van der Waals surface area (Å²) in [5, 5.41) is 0.331. The maximum absolute atomic E-state index is 13.2. The Labute approximate surface area is 98.3 Å². The average molecular weight is 246 g/mol. The summed E-state index contributed by atoms with van der Waals surface area (Å²) >= 11 is 5.88. The van der Waals surface area contributed by atoms with Crippen LogP contribution in [0.25, 0.3) is 0 Å². The van der Waals surface area contributed by atoms with E-state index in [1.54, 1.807) is 0 Å². The molecule has 1 atom stereocenters. The zero-order chi connectivity index (χ0) is 11.5. The first-order chi connectivity index (χ1) is 7.66. The molecule has 1 aliphatic heterocycles. The molecule has 0 saturated carbocycles. The van der Waals surface area contributed by atoms with E-state index in [2.05, 4.69) is 0 Å². The lowest BCUT2D eigenvalue weighted by Gasteiger charge is -2.12. The minimum Gasteiger partial charge on any atom is -0.492 e. The van der Waals surface area contributed by atoms with Crippen molar-refractivity contribution in [3.8, 4) is 5.75 Å². The number of hydrogen-bond donors (Lipinski definition) is 1. The van der Waals surface area contributed by atoms with Gasteiger partial charge < -0.3 is 15.2 Å². The van der Waals surface area contributed by atoms with Crippen LogP contribution < -0.4 is 10.5 Å². The fourth-order valence-electron chi connectivity index (χ4n) is 1.58. The molecule has 0 aliphatic carbocycles. The molecule has 5 heteroatoms. The van der Waals surface area contributed by atoms with Gasteiger partial charge in [0, 0.05) is 18.6 Å². The van der Waals surface area contributed by atoms with Crippen LogP contribution in [0.3, 0.4) is 0 Å². The highest BCUT2D eigenvalue weighted by Gasteiger charge is 2.17. The van der Waals surface area contributed by atoms with Crippen molar-refractivity contribution in [1.82, 2.24) is 0 Å². The Morgan fingerprint density at radius 1 is 1.56 bits per heavy atom. The molecule has 1 aromatic carbocycles. The zero-order valence-corrected chi connectivity index (χ0v) is 9.47. The molecule has 3 nitrogen and oxygen atoms in total. The summed E-state index contributed by atoms with van der Waals surface area (Å²) in [4.78, 5) is 0. The molecule has 1 fully saturated rings. The third-order valence-electron chi connectivity index (χ3n) is 2.55. The predicted molar refractivity (Wildman–Crippen MR) is 60.2 cm³/mol. The van der Waals surface area contributed by atoms with E-state index in [1.165, 1.54) is 12.1 Å². The van der Waals surface area contributed by atoms with Gasteiger partial charge in [0.05, 0.1) is 23.9 Å². The summed E-state index contributed by atoms with van der Waals surface area (Å²) in [6, 6.07) is 2.57. The third kappa shape index (κ3) is 2.57. The van der Waals surface area contributed by atoms with Gasteiger partial charge in [0.2, 0.25) is 0 Å². The number of ether oxygens (including phenoxy) is 2. The molecule has 0 aromatic heterocycles. The molecule has 0 spiro atoms. The monoisotopic (exact) mass is 245 g/mol. The molecule has 1 saturated heterocycles. The Kier molecular flexibility index (Phi) is 3.51. The van der Waals surface area contributed by atoms with Crippen LogP contribution >= 0.6 is 11.6 Å². The number of benzene rings is 1. The van der Waals surface area contributed by atoms with Crippen LogP contribution in [0.4, 0.5) is 10.1 Å². The van der Waals surface area contributed by atoms with E-state index in [4.69, 9.17) is 26.8 Å². The maximum Gasteiger partial charge on any atom is 0.149 e. The Morgan fingerprint density at radius 2 is 2.38 bits per heavy atom. The summed E-state index contributed by atoms with van der Waals surface area (Å²) in [6.45, 7) is 1.94. The molecule has 1 heterocycles. The first-order valence-electron chi connectivity index (χ1n) is 5.12. The second-order valence-corrected chi connectivity index (χ2v) is 4.25. The molecule has 2 rings (SSSR count). The van der Waals surface area contributed by atoms with Crippen molar-refractivity contribution in [2.45, 2.75) is 6.42 Å². The van der Waals surface area contributed by atoms with Crippen LogP contribution in [-0.2, 0) is 4.74 Å². The van der Waals surface area contributed by atoms with Gasteiger partial charge in [0.1, 0.15) is 11.6 Å².